The molecule has 1 aromatic carbocycles. The molecular formula is C14H16ClN3O3. The molecule has 2 amide bonds. The highest BCUT2D eigenvalue weighted by Crippen LogP contribution is 2.26. The minimum Gasteiger partial charge on any atom is -0.314 e. The third kappa shape index (κ3) is 4.46. The molecule has 1 saturated carbocycles. The lowest BCUT2D eigenvalue weighted by molar-refractivity contribution is -0.384. The fraction of sp³-hybridized carbons (Fsp3) is 0.357. The summed E-state index contributed by atoms with van der Waals surface area (Å²) >= 11 is 5.91. The number of urea groups is 1. The number of benzene rings is 1. The summed E-state index contributed by atoms with van der Waals surface area (Å²) in [5.74, 6) is 0. The Hall–Kier alpha value is -2.08. The zero-order valence-corrected chi connectivity index (χ0v) is 12.2. The molecule has 0 unspecified atom stereocenters. The molecule has 1 fully saturated rings. The SMILES string of the molecule is O=C(NC=C1CCCCC1)Nc1cc([N+](=O)[O-])ccc1Cl. The predicted octanol–water partition coefficient (Wildman–Crippen LogP) is 4.22. The van der Waals surface area contributed by atoms with Crippen LogP contribution < -0.4 is 10.6 Å². The van der Waals surface area contributed by atoms with Gasteiger partial charge in [0.25, 0.3) is 5.69 Å². The van der Waals surface area contributed by atoms with Crippen molar-refractivity contribution in [2.24, 2.45) is 0 Å². The summed E-state index contributed by atoms with van der Waals surface area (Å²) in [5, 5.41) is 16.1. The number of nitro groups is 1. The lowest BCUT2D eigenvalue weighted by Crippen LogP contribution is -2.24. The van der Waals surface area contributed by atoms with E-state index in [0.717, 1.165) is 25.7 Å². The van der Waals surface area contributed by atoms with Crippen molar-refractivity contribution in [3.05, 3.63) is 45.1 Å². The van der Waals surface area contributed by atoms with Gasteiger partial charge in [-0.05, 0) is 31.7 Å². The van der Waals surface area contributed by atoms with Crippen molar-refractivity contribution in [1.29, 1.82) is 0 Å². The first-order chi connectivity index (χ1) is 10.1. The number of hydrogen-bond donors (Lipinski definition) is 2. The molecular weight excluding hydrogens is 294 g/mol. The summed E-state index contributed by atoms with van der Waals surface area (Å²) < 4.78 is 0. The second-order valence-corrected chi connectivity index (χ2v) is 5.29. The molecule has 21 heavy (non-hydrogen) atoms. The van der Waals surface area contributed by atoms with Crippen molar-refractivity contribution >= 4 is 29.0 Å². The number of hydrogen-bond acceptors (Lipinski definition) is 3. The highest BCUT2D eigenvalue weighted by atomic mass is 35.5. The Balaban J connectivity index is 1.98. The minimum atomic E-state index is -0.538. The van der Waals surface area contributed by atoms with Crippen molar-refractivity contribution < 1.29 is 9.72 Å². The number of nitrogens with one attached hydrogen (secondary N) is 2. The van der Waals surface area contributed by atoms with Gasteiger partial charge in [0, 0.05) is 18.3 Å². The number of halogens is 1. The maximum Gasteiger partial charge on any atom is 0.323 e. The van der Waals surface area contributed by atoms with Gasteiger partial charge in [-0.3, -0.25) is 10.1 Å². The van der Waals surface area contributed by atoms with Gasteiger partial charge in [-0.25, -0.2) is 4.79 Å². The summed E-state index contributed by atoms with van der Waals surface area (Å²) in [6.45, 7) is 0. The van der Waals surface area contributed by atoms with Crippen LogP contribution in [0.5, 0.6) is 0 Å². The highest BCUT2D eigenvalue weighted by Gasteiger charge is 2.12. The molecule has 0 aliphatic heterocycles. The van der Waals surface area contributed by atoms with E-state index in [2.05, 4.69) is 10.6 Å². The summed E-state index contributed by atoms with van der Waals surface area (Å²) in [6, 6.07) is 3.44. The van der Waals surface area contributed by atoms with Crippen LogP contribution in [0, 0.1) is 10.1 Å². The van der Waals surface area contributed by atoms with E-state index in [4.69, 9.17) is 11.6 Å². The Bertz CT molecular complexity index is 579. The number of non-ortho nitro benzene ring substituents is 1. The van der Waals surface area contributed by atoms with Gasteiger partial charge in [0.05, 0.1) is 15.6 Å². The van der Waals surface area contributed by atoms with Crippen LogP contribution in [0.25, 0.3) is 0 Å². The van der Waals surface area contributed by atoms with Gasteiger partial charge in [-0.15, -0.1) is 0 Å². The van der Waals surface area contributed by atoms with Crippen LogP contribution in [0.15, 0.2) is 30.0 Å². The fourth-order valence-corrected chi connectivity index (χ4v) is 2.36. The topological polar surface area (TPSA) is 84.3 Å². The average Bonchev–Trinajstić information content (AvgIpc) is 2.48. The quantitative estimate of drug-likeness (QED) is 0.647. The maximum absolute atomic E-state index is 11.8. The monoisotopic (exact) mass is 309 g/mol. The number of carbonyl (C=O) groups is 1. The third-order valence-electron chi connectivity index (χ3n) is 3.31. The Morgan fingerprint density at radius 2 is 2.00 bits per heavy atom. The molecule has 0 aromatic heterocycles. The molecule has 2 N–H and O–H groups in total. The first kappa shape index (κ1) is 15.3. The highest BCUT2D eigenvalue weighted by molar-refractivity contribution is 6.33. The average molecular weight is 310 g/mol. The summed E-state index contributed by atoms with van der Waals surface area (Å²) in [5.41, 5.74) is 1.30. The zero-order chi connectivity index (χ0) is 15.2. The second-order valence-electron chi connectivity index (χ2n) is 4.88. The number of amides is 2. The van der Waals surface area contributed by atoms with E-state index in [9.17, 15) is 14.9 Å². The van der Waals surface area contributed by atoms with E-state index < -0.39 is 11.0 Å². The van der Waals surface area contributed by atoms with Crippen molar-refractivity contribution in [2.75, 3.05) is 5.32 Å². The molecule has 112 valence electrons. The van der Waals surface area contributed by atoms with Crippen molar-refractivity contribution in [1.82, 2.24) is 5.32 Å². The first-order valence-corrected chi connectivity index (χ1v) is 7.13. The zero-order valence-electron chi connectivity index (χ0n) is 11.4. The molecule has 0 saturated heterocycles. The molecule has 0 heterocycles. The van der Waals surface area contributed by atoms with E-state index in [-0.39, 0.29) is 16.4 Å². The van der Waals surface area contributed by atoms with Crippen molar-refractivity contribution in [3.8, 4) is 0 Å². The van der Waals surface area contributed by atoms with Gasteiger partial charge >= 0.3 is 6.03 Å². The van der Waals surface area contributed by atoms with E-state index in [1.165, 1.54) is 30.2 Å². The second kappa shape index (κ2) is 7.08. The Morgan fingerprint density at radius 1 is 1.29 bits per heavy atom. The van der Waals surface area contributed by atoms with E-state index in [1.54, 1.807) is 6.20 Å². The summed E-state index contributed by atoms with van der Waals surface area (Å²) in [6.07, 6.45) is 7.22. The lowest BCUT2D eigenvalue weighted by Gasteiger charge is -2.13. The third-order valence-corrected chi connectivity index (χ3v) is 3.64. The molecule has 1 aliphatic rings. The van der Waals surface area contributed by atoms with Crippen molar-refractivity contribution in [2.45, 2.75) is 32.1 Å². The molecule has 0 spiro atoms. The van der Waals surface area contributed by atoms with E-state index in [1.807, 2.05) is 0 Å². The Kier molecular flexibility index (Phi) is 5.16. The Labute approximate surface area is 127 Å². The van der Waals surface area contributed by atoms with E-state index >= 15 is 0 Å². The standard InChI is InChI=1S/C14H16ClN3O3/c15-12-7-6-11(18(20)21)8-13(12)17-14(19)16-9-10-4-2-1-3-5-10/h6-9H,1-5H2,(H2,16,17,19). The smallest absolute Gasteiger partial charge is 0.314 e. The summed E-state index contributed by atoms with van der Waals surface area (Å²) in [4.78, 5) is 22.0. The molecule has 1 aromatic rings. The molecule has 0 radical (unpaired) electrons. The van der Waals surface area contributed by atoms with Crippen LogP contribution >= 0.6 is 11.6 Å². The van der Waals surface area contributed by atoms with Crippen LogP contribution in [0.2, 0.25) is 5.02 Å². The number of rotatable bonds is 3. The van der Waals surface area contributed by atoms with Crippen LogP contribution in [-0.4, -0.2) is 11.0 Å². The van der Waals surface area contributed by atoms with Gasteiger partial charge in [-0.1, -0.05) is 23.6 Å². The Morgan fingerprint density at radius 3 is 2.67 bits per heavy atom. The lowest BCUT2D eigenvalue weighted by atomic mass is 9.96. The number of allylic oxidation sites excluding steroid dienone is 1. The van der Waals surface area contributed by atoms with Crippen molar-refractivity contribution in [3.63, 3.8) is 0 Å². The van der Waals surface area contributed by atoms with Gasteiger partial charge in [0.2, 0.25) is 0 Å². The van der Waals surface area contributed by atoms with Gasteiger partial charge in [0.1, 0.15) is 0 Å². The molecule has 0 bridgehead atoms. The molecule has 0 atom stereocenters. The van der Waals surface area contributed by atoms with Gasteiger partial charge in [-0.2, -0.15) is 0 Å². The number of nitrogens with zero attached hydrogens (tertiary/aromatic N) is 1. The van der Waals surface area contributed by atoms with Gasteiger partial charge < -0.3 is 10.6 Å². The van der Waals surface area contributed by atoms with Crippen LogP contribution in [0.1, 0.15) is 32.1 Å². The minimum absolute atomic E-state index is 0.125. The largest absolute Gasteiger partial charge is 0.323 e. The van der Waals surface area contributed by atoms with Gasteiger partial charge in [0.15, 0.2) is 0 Å². The number of nitro benzene ring substituents is 1. The molecule has 6 nitrogen and oxygen atoms in total. The first-order valence-electron chi connectivity index (χ1n) is 6.75. The van der Waals surface area contributed by atoms with Crippen LogP contribution in [-0.2, 0) is 0 Å². The number of carbonyl (C=O) groups excluding carboxylic acids is 1. The maximum atomic E-state index is 11.8. The van der Waals surface area contributed by atoms with Crippen LogP contribution in [0.3, 0.4) is 0 Å². The normalized spacial score (nSPS) is 14.4. The van der Waals surface area contributed by atoms with Crippen LogP contribution in [0.4, 0.5) is 16.2 Å². The predicted molar refractivity (Wildman–Crippen MR) is 81.4 cm³/mol. The summed E-state index contributed by atoms with van der Waals surface area (Å²) in [7, 11) is 0. The molecule has 7 heteroatoms. The van der Waals surface area contributed by atoms with E-state index in [0.29, 0.717) is 0 Å². The number of anilines is 1. The molecule has 2 rings (SSSR count). The fourth-order valence-electron chi connectivity index (χ4n) is 2.20. The molecule has 1 aliphatic carbocycles.